The smallest absolute Gasteiger partial charge is 0.358 e. The molecule has 0 spiro atoms. The van der Waals surface area contributed by atoms with E-state index in [0.717, 1.165) is 22.4 Å². The molecule has 2 radical (unpaired) electrons. The van der Waals surface area contributed by atoms with Crippen LogP contribution < -0.4 is 10.9 Å². The number of anilines is 1. The van der Waals surface area contributed by atoms with Gasteiger partial charge in [-0.25, -0.2) is 0 Å². The molecule has 20 heavy (non-hydrogen) atoms. The first-order valence-electron chi connectivity index (χ1n) is 5.18. The molecule has 0 amide bonds. The van der Waals surface area contributed by atoms with E-state index in [1.807, 2.05) is 22.8 Å². The van der Waals surface area contributed by atoms with Crippen molar-refractivity contribution in [3.05, 3.63) is 63.7 Å². The number of fused-ring (bicyclic) bond motifs is 1. The summed E-state index contributed by atoms with van der Waals surface area (Å²) in [5, 5.41) is 3.20. The van der Waals surface area contributed by atoms with Gasteiger partial charge in [0.1, 0.15) is 0 Å². The van der Waals surface area contributed by atoms with Gasteiger partial charge in [-0.2, -0.15) is 0 Å². The topological polar surface area (TPSA) is 37.8 Å². The molecule has 2 aromatic rings. The molecular formula is C15H15BN3Rh-3. The van der Waals surface area contributed by atoms with Crippen molar-refractivity contribution in [2.45, 2.75) is 0 Å². The van der Waals surface area contributed by atoms with E-state index in [-0.39, 0.29) is 14.9 Å². The van der Waals surface area contributed by atoms with Crippen molar-refractivity contribution >= 4 is 34.8 Å². The van der Waals surface area contributed by atoms with Gasteiger partial charge >= 0.3 is 117 Å². The first-order valence-corrected chi connectivity index (χ1v) is 6.13. The van der Waals surface area contributed by atoms with Gasteiger partial charge in [0.2, 0.25) is 0 Å². The van der Waals surface area contributed by atoms with Crippen molar-refractivity contribution in [2.75, 3.05) is 5.32 Å². The standard InChI is InChI=1S/C13H9BN3.2CH3.Rh/c1-3-4-9(2)16-10-5-6-11-12(7-10)17-13(14)8-15-11;;;/h1-8,16H;2*1H3;/q3*-1;/b9-4+;;;. The van der Waals surface area contributed by atoms with E-state index in [9.17, 15) is 0 Å². The molecule has 105 valence electrons. The van der Waals surface area contributed by atoms with Crippen LogP contribution in [0.15, 0.2) is 42.2 Å². The van der Waals surface area contributed by atoms with Gasteiger partial charge in [-0.1, -0.05) is 0 Å². The van der Waals surface area contributed by atoms with Gasteiger partial charge in [0, 0.05) is 0 Å². The van der Waals surface area contributed by atoms with Gasteiger partial charge in [0.05, 0.1) is 0 Å². The molecule has 1 N–H and O–H groups in total. The second-order valence-corrected chi connectivity index (χ2v) is 4.01. The van der Waals surface area contributed by atoms with Gasteiger partial charge in [-0.05, 0) is 0 Å². The molecule has 0 fully saturated rings. The third-order valence-electron chi connectivity index (χ3n) is 2.23. The Morgan fingerprint density at radius 2 is 2.05 bits per heavy atom. The van der Waals surface area contributed by atoms with Crippen molar-refractivity contribution in [2.24, 2.45) is 0 Å². The minimum Gasteiger partial charge on any atom is -0.358 e. The van der Waals surface area contributed by atoms with Crippen LogP contribution in [-0.2, 0) is 17.9 Å². The second kappa shape index (κ2) is 8.55. The maximum absolute atomic E-state index is 5.61. The van der Waals surface area contributed by atoms with Crippen LogP contribution in [0.4, 0.5) is 5.69 Å². The molecule has 2 rings (SSSR count). The molecule has 5 heteroatoms. The van der Waals surface area contributed by atoms with Crippen LogP contribution in [-0.4, -0.2) is 22.4 Å². The van der Waals surface area contributed by atoms with Crippen molar-refractivity contribution in [3.63, 3.8) is 0 Å². The van der Waals surface area contributed by atoms with Gasteiger partial charge < -0.3 is 14.9 Å². The molecule has 0 aliphatic heterocycles. The summed E-state index contributed by atoms with van der Waals surface area (Å²) in [5.41, 5.74) is 3.71. The Labute approximate surface area is 131 Å². The summed E-state index contributed by atoms with van der Waals surface area (Å²) in [7, 11) is 5.61. The summed E-state index contributed by atoms with van der Waals surface area (Å²) in [6, 6.07) is 5.69. The third-order valence-corrected chi connectivity index (χ3v) is 2.74. The number of rotatable bonds is 4. The number of benzene rings is 1. The SMILES string of the molecule is [B]c1cnc2ccc(N/C([CH]=[Rh])=C/C=[CH-])cc2n1.[CH3-].[CH3-]. The summed E-state index contributed by atoms with van der Waals surface area (Å²) in [6.07, 6.45) is 4.77. The monoisotopic (exact) mass is 351 g/mol. The molecule has 1 heterocycles. The van der Waals surface area contributed by atoms with E-state index >= 15 is 0 Å². The zero-order valence-electron chi connectivity index (χ0n) is 11.4. The largest absolute Gasteiger partial charge is 0.358 e. The average Bonchev–Trinajstić information content (AvgIpc) is 2.37. The van der Waals surface area contributed by atoms with E-state index in [1.54, 1.807) is 12.3 Å². The third kappa shape index (κ3) is 4.50. The first-order chi connectivity index (χ1) is 8.72. The Morgan fingerprint density at radius 3 is 2.70 bits per heavy atom. The molecule has 0 aliphatic rings. The van der Waals surface area contributed by atoms with Crippen molar-refractivity contribution < 1.29 is 17.9 Å². The van der Waals surface area contributed by atoms with Crippen LogP contribution in [0.25, 0.3) is 11.0 Å². The molecular weight excluding hydrogens is 336 g/mol. The summed E-state index contributed by atoms with van der Waals surface area (Å²) in [4.78, 5) is 8.41. The second-order valence-electron chi connectivity index (χ2n) is 3.53. The fraction of sp³-hybridized carbons (Fsp3) is 0. The predicted octanol–water partition coefficient (Wildman–Crippen LogP) is 1.96. The molecule has 3 nitrogen and oxygen atoms in total. The average molecular weight is 351 g/mol. The van der Waals surface area contributed by atoms with Gasteiger partial charge in [-0.3, -0.25) is 0 Å². The predicted molar refractivity (Wildman–Crippen MR) is 84.4 cm³/mol. The van der Waals surface area contributed by atoms with Crippen LogP contribution in [0.5, 0.6) is 0 Å². The molecule has 0 saturated heterocycles. The Morgan fingerprint density at radius 1 is 1.30 bits per heavy atom. The van der Waals surface area contributed by atoms with Gasteiger partial charge in [0.15, 0.2) is 0 Å². The molecule has 0 bridgehead atoms. The van der Waals surface area contributed by atoms with Gasteiger partial charge in [0.25, 0.3) is 0 Å². The molecule has 1 aromatic carbocycles. The molecule has 1 aromatic heterocycles. The number of nitrogens with one attached hydrogen (secondary N) is 1. The Kier molecular flexibility index (Phi) is 7.86. The Balaban J connectivity index is 0.00000180. The Bertz CT molecular complexity index is 638. The zero-order chi connectivity index (χ0) is 13.0. The molecule has 0 unspecified atom stereocenters. The van der Waals surface area contributed by atoms with E-state index in [1.165, 1.54) is 6.08 Å². The van der Waals surface area contributed by atoms with Crippen LogP contribution >= 0.6 is 0 Å². The number of allylic oxidation sites excluding steroid dienone is 3. The molecule has 0 saturated carbocycles. The van der Waals surface area contributed by atoms with E-state index in [2.05, 4.69) is 33.1 Å². The first kappa shape index (κ1) is 18.4. The fourth-order valence-corrected chi connectivity index (χ4v) is 1.75. The van der Waals surface area contributed by atoms with E-state index in [4.69, 9.17) is 14.4 Å². The zero-order valence-corrected chi connectivity index (χ0v) is 13.1. The number of hydrogen-bond acceptors (Lipinski definition) is 3. The maximum Gasteiger partial charge on any atom is -0.358 e. The normalized spacial score (nSPS) is 10.2. The number of hydrogen-bond donors (Lipinski definition) is 1. The summed E-state index contributed by atoms with van der Waals surface area (Å²) >= 11 is 2.71. The van der Waals surface area contributed by atoms with Crippen LogP contribution in [0, 0.1) is 21.4 Å². The summed E-state index contributed by atoms with van der Waals surface area (Å²) in [5.74, 6) is 0. The van der Waals surface area contributed by atoms with Crippen LogP contribution in [0.1, 0.15) is 0 Å². The van der Waals surface area contributed by atoms with Gasteiger partial charge in [-0.15, -0.1) is 0 Å². The van der Waals surface area contributed by atoms with E-state index in [0.29, 0.717) is 5.59 Å². The Hall–Kier alpha value is -1.60. The van der Waals surface area contributed by atoms with Crippen molar-refractivity contribution in [1.29, 1.82) is 0 Å². The maximum atomic E-state index is 5.61. The minimum atomic E-state index is 0. The summed E-state index contributed by atoms with van der Waals surface area (Å²) in [6.45, 7) is 5.36. The van der Waals surface area contributed by atoms with Crippen molar-refractivity contribution in [1.82, 2.24) is 9.97 Å². The fourth-order valence-electron chi connectivity index (χ4n) is 1.47. The quantitative estimate of drug-likeness (QED) is 0.520. The number of aromatic nitrogens is 2. The van der Waals surface area contributed by atoms with Crippen molar-refractivity contribution in [3.8, 4) is 0 Å². The number of nitrogens with zero attached hydrogens (tertiary/aromatic N) is 2. The van der Waals surface area contributed by atoms with Crippen LogP contribution in [0.2, 0.25) is 0 Å². The van der Waals surface area contributed by atoms with Crippen LogP contribution in [0.3, 0.4) is 0 Å². The minimum absolute atomic E-state index is 0. The molecule has 0 atom stereocenters. The molecule has 0 aliphatic carbocycles. The summed E-state index contributed by atoms with van der Waals surface area (Å²) < 4.78 is 1.82. The van der Waals surface area contributed by atoms with E-state index < -0.39 is 0 Å².